The number of nitrogens with two attached hydrogens (primary N) is 1. The zero-order chi connectivity index (χ0) is 13.3. The number of amides is 1. The molecular formula is C15H22N2O. The van der Waals surface area contributed by atoms with Gasteiger partial charge in [-0.25, -0.2) is 0 Å². The topological polar surface area (TPSA) is 46.3 Å². The lowest BCUT2D eigenvalue weighted by atomic mass is 10.1. The molecule has 1 amide bonds. The average Bonchev–Trinajstić information content (AvgIpc) is 3.12. The van der Waals surface area contributed by atoms with Crippen LogP contribution in [0.15, 0.2) is 18.2 Å². The molecule has 2 N–H and O–H groups in total. The molecule has 0 atom stereocenters. The van der Waals surface area contributed by atoms with Crippen LogP contribution in [-0.4, -0.2) is 23.4 Å². The smallest absolute Gasteiger partial charge is 0.254 e. The molecule has 0 unspecified atom stereocenters. The molecule has 0 aromatic heterocycles. The van der Waals surface area contributed by atoms with Gasteiger partial charge in [0.15, 0.2) is 0 Å². The van der Waals surface area contributed by atoms with E-state index in [1.54, 1.807) is 6.07 Å². The van der Waals surface area contributed by atoms with Crippen LogP contribution < -0.4 is 5.73 Å². The molecule has 2 rings (SSSR count). The lowest BCUT2D eigenvalue weighted by Crippen LogP contribution is -2.36. The lowest BCUT2D eigenvalue weighted by Gasteiger charge is -2.25. The Hall–Kier alpha value is -1.51. The van der Waals surface area contributed by atoms with Crippen molar-refractivity contribution in [2.45, 2.75) is 39.7 Å². The first-order valence-electron chi connectivity index (χ1n) is 6.66. The first kappa shape index (κ1) is 12.9. The first-order chi connectivity index (χ1) is 8.49. The quantitative estimate of drug-likeness (QED) is 0.830. The van der Waals surface area contributed by atoms with Crippen LogP contribution in [0.5, 0.6) is 0 Å². The van der Waals surface area contributed by atoms with Gasteiger partial charge in [-0.15, -0.1) is 0 Å². The van der Waals surface area contributed by atoms with Crippen LogP contribution in [0.3, 0.4) is 0 Å². The number of hydrogen-bond donors (Lipinski definition) is 1. The van der Waals surface area contributed by atoms with Gasteiger partial charge in [-0.2, -0.15) is 0 Å². The van der Waals surface area contributed by atoms with Crippen molar-refractivity contribution in [2.24, 2.45) is 5.92 Å². The molecule has 1 aliphatic carbocycles. The fraction of sp³-hybridized carbons (Fsp3) is 0.533. The van der Waals surface area contributed by atoms with Gasteiger partial charge in [0.05, 0.1) is 0 Å². The van der Waals surface area contributed by atoms with Crippen molar-refractivity contribution < 1.29 is 4.79 Å². The van der Waals surface area contributed by atoms with E-state index in [1.807, 2.05) is 24.0 Å². The molecule has 0 saturated heterocycles. The molecule has 98 valence electrons. The fourth-order valence-corrected chi connectivity index (χ4v) is 2.20. The Labute approximate surface area is 109 Å². The predicted octanol–water partition coefficient (Wildman–Crippen LogP) is 2.84. The second-order valence-corrected chi connectivity index (χ2v) is 5.66. The minimum Gasteiger partial charge on any atom is -0.399 e. The summed E-state index contributed by atoms with van der Waals surface area (Å²) in [6, 6.07) is 6.01. The lowest BCUT2D eigenvalue weighted by molar-refractivity contribution is 0.0722. The first-order valence-corrected chi connectivity index (χ1v) is 6.66. The van der Waals surface area contributed by atoms with Gasteiger partial charge in [0.25, 0.3) is 5.91 Å². The minimum atomic E-state index is 0.135. The molecule has 1 aliphatic rings. The Morgan fingerprint density at radius 2 is 2.11 bits per heavy atom. The molecule has 3 nitrogen and oxygen atoms in total. The van der Waals surface area contributed by atoms with Crippen LogP contribution in [-0.2, 0) is 0 Å². The summed E-state index contributed by atoms with van der Waals surface area (Å²) in [4.78, 5) is 14.6. The van der Waals surface area contributed by atoms with Gasteiger partial charge in [-0.05, 0) is 43.4 Å². The highest BCUT2D eigenvalue weighted by atomic mass is 16.2. The summed E-state index contributed by atoms with van der Waals surface area (Å²) in [5, 5.41) is 0. The maximum Gasteiger partial charge on any atom is 0.254 e. The van der Waals surface area contributed by atoms with Crippen molar-refractivity contribution >= 4 is 11.6 Å². The molecule has 3 heteroatoms. The van der Waals surface area contributed by atoms with E-state index < -0.39 is 0 Å². The highest BCUT2D eigenvalue weighted by Gasteiger charge is 2.33. The Morgan fingerprint density at radius 1 is 1.44 bits per heavy atom. The molecule has 1 aromatic carbocycles. The molecule has 0 spiro atoms. The van der Waals surface area contributed by atoms with E-state index in [4.69, 9.17) is 5.73 Å². The van der Waals surface area contributed by atoms with Crippen molar-refractivity contribution in [1.82, 2.24) is 4.90 Å². The summed E-state index contributed by atoms with van der Waals surface area (Å²) in [5.74, 6) is 0.631. The summed E-state index contributed by atoms with van der Waals surface area (Å²) in [6.07, 6.45) is 2.28. The third-order valence-electron chi connectivity index (χ3n) is 3.30. The number of benzene rings is 1. The molecule has 0 heterocycles. The highest BCUT2D eigenvalue weighted by molar-refractivity contribution is 5.96. The molecule has 1 saturated carbocycles. The number of nitrogen functional groups attached to an aromatic ring is 1. The number of hydrogen-bond acceptors (Lipinski definition) is 2. The SMILES string of the molecule is Cc1ccc(N)cc1C(=O)N(CC(C)C)C1CC1. The van der Waals surface area contributed by atoms with Gasteiger partial charge in [0, 0.05) is 23.8 Å². The van der Waals surface area contributed by atoms with Crippen LogP contribution in [0.2, 0.25) is 0 Å². The fourth-order valence-electron chi connectivity index (χ4n) is 2.20. The minimum absolute atomic E-state index is 0.135. The van der Waals surface area contributed by atoms with Gasteiger partial charge in [-0.1, -0.05) is 19.9 Å². The summed E-state index contributed by atoms with van der Waals surface area (Å²) in [7, 11) is 0. The number of carbonyl (C=O) groups excluding carboxylic acids is 1. The zero-order valence-electron chi connectivity index (χ0n) is 11.4. The van der Waals surface area contributed by atoms with Gasteiger partial charge < -0.3 is 10.6 Å². The standard InChI is InChI=1S/C15H22N2O/c1-10(2)9-17(13-6-7-13)15(18)14-8-12(16)5-4-11(14)3/h4-5,8,10,13H,6-7,9,16H2,1-3H3. The monoisotopic (exact) mass is 246 g/mol. The summed E-state index contributed by atoms with van der Waals surface area (Å²) >= 11 is 0. The van der Waals surface area contributed by atoms with E-state index in [1.165, 1.54) is 0 Å². The zero-order valence-corrected chi connectivity index (χ0v) is 11.4. The average molecular weight is 246 g/mol. The van der Waals surface area contributed by atoms with Crippen molar-refractivity contribution in [2.75, 3.05) is 12.3 Å². The normalized spacial score (nSPS) is 14.9. The van der Waals surface area contributed by atoms with E-state index in [0.29, 0.717) is 17.6 Å². The molecule has 1 fully saturated rings. The number of aryl methyl sites for hydroxylation is 1. The molecule has 1 aromatic rings. The van der Waals surface area contributed by atoms with Gasteiger partial charge >= 0.3 is 0 Å². The number of nitrogens with zero attached hydrogens (tertiary/aromatic N) is 1. The Kier molecular flexibility index (Phi) is 3.60. The molecule has 0 radical (unpaired) electrons. The van der Waals surface area contributed by atoms with E-state index in [0.717, 1.165) is 30.5 Å². The van der Waals surface area contributed by atoms with E-state index in [9.17, 15) is 4.79 Å². The maximum atomic E-state index is 12.6. The van der Waals surface area contributed by atoms with Gasteiger partial charge in [0.2, 0.25) is 0 Å². The molecule has 0 aliphatic heterocycles. The van der Waals surface area contributed by atoms with Crippen LogP contribution in [0.25, 0.3) is 0 Å². The Balaban J connectivity index is 2.24. The largest absolute Gasteiger partial charge is 0.399 e. The summed E-state index contributed by atoms with van der Waals surface area (Å²) in [5.41, 5.74) is 8.20. The van der Waals surface area contributed by atoms with E-state index >= 15 is 0 Å². The summed E-state index contributed by atoms with van der Waals surface area (Å²) in [6.45, 7) is 7.09. The van der Waals surface area contributed by atoms with Crippen LogP contribution in [0.4, 0.5) is 5.69 Å². The maximum absolute atomic E-state index is 12.6. The predicted molar refractivity (Wildman–Crippen MR) is 74.5 cm³/mol. The second-order valence-electron chi connectivity index (χ2n) is 5.66. The van der Waals surface area contributed by atoms with Crippen molar-refractivity contribution in [3.8, 4) is 0 Å². The van der Waals surface area contributed by atoms with Crippen LogP contribution in [0.1, 0.15) is 42.6 Å². The Morgan fingerprint density at radius 3 is 2.67 bits per heavy atom. The van der Waals surface area contributed by atoms with Crippen molar-refractivity contribution in [3.05, 3.63) is 29.3 Å². The molecule has 18 heavy (non-hydrogen) atoms. The number of anilines is 1. The third-order valence-corrected chi connectivity index (χ3v) is 3.30. The molecular weight excluding hydrogens is 224 g/mol. The van der Waals surface area contributed by atoms with Crippen molar-refractivity contribution in [3.63, 3.8) is 0 Å². The summed E-state index contributed by atoms with van der Waals surface area (Å²) < 4.78 is 0. The van der Waals surface area contributed by atoms with Crippen molar-refractivity contribution in [1.29, 1.82) is 0 Å². The number of carbonyl (C=O) groups is 1. The van der Waals surface area contributed by atoms with Crippen LogP contribution >= 0.6 is 0 Å². The van der Waals surface area contributed by atoms with Gasteiger partial charge in [-0.3, -0.25) is 4.79 Å². The van der Waals surface area contributed by atoms with E-state index in [-0.39, 0.29) is 5.91 Å². The van der Waals surface area contributed by atoms with Gasteiger partial charge in [0.1, 0.15) is 0 Å². The number of rotatable bonds is 4. The van der Waals surface area contributed by atoms with Crippen LogP contribution in [0, 0.1) is 12.8 Å². The molecule has 0 bridgehead atoms. The Bertz CT molecular complexity index is 450. The highest BCUT2D eigenvalue weighted by Crippen LogP contribution is 2.29. The second kappa shape index (κ2) is 5.01. The van der Waals surface area contributed by atoms with E-state index in [2.05, 4.69) is 13.8 Å². The third kappa shape index (κ3) is 2.84.